The van der Waals surface area contributed by atoms with Gasteiger partial charge in [0.05, 0.1) is 15.8 Å². The van der Waals surface area contributed by atoms with E-state index in [1.165, 1.54) is 12.7 Å². The second kappa shape index (κ2) is 5.85. The number of nitrogens with one attached hydrogen (secondary N) is 2. The van der Waals surface area contributed by atoms with Gasteiger partial charge in [-0.3, -0.25) is 0 Å². The Balaban J connectivity index is 0.000000126. The Hall–Kier alpha value is -1.89. The van der Waals surface area contributed by atoms with Gasteiger partial charge in [-0.2, -0.15) is 0 Å². The zero-order chi connectivity index (χ0) is 14.8. The van der Waals surface area contributed by atoms with Gasteiger partial charge in [-0.1, -0.05) is 34.8 Å². The average Bonchev–Trinajstić information content (AvgIpc) is 3.08. The van der Waals surface area contributed by atoms with Crippen molar-refractivity contribution in [3.8, 4) is 0 Å². The highest BCUT2D eigenvalue weighted by Gasteiger charge is 2.06. The first-order chi connectivity index (χ1) is 10.2. The summed E-state index contributed by atoms with van der Waals surface area (Å²) in [6, 6.07) is 1.84. The van der Waals surface area contributed by atoms with Crippen LogP contribution in [0, 0.1) is 0 Å². The second-order valence-corrected chi connectivity index (χ2v) is 5.05. The number of fused-ring (bicyclic) bond motifs is 2. The number of aromatic nitrogens is 6. The molecule has 106 valence electrons. The van der Waals surface area contributed by atoms with Crippen molar-refractivity contribution in [1.29, 1.82) is 0 Å². The first-order valence-corrected chi connectivity index (χ1v) is 6.87. The lowest BCUT2D eigenvalue weighted by molar-refractivity contribution is 1.20. The Labute approximate surface area is 133 Å². The maximum absolute atomic E-state index is 5.78. The van der Waals surface area contributed by atoms with Gasteiger partial charge in [0.25, 0.3) is 0 Å². The van der Waals surface area contributed by atoms with Gasteiger partial charge in [-0.15, -0.1) is 0 Å². The van der Waals surface area contributed by atoms with Crippen LogP contribution in [0.25, 0.3) is 22.1 Å². The van der Waals surface area contributed by atoms with Crippen LogP contribution in [0.2, 0.25) is 15.3 Å². The van der Waals surface area contributed by atoms with Gasteiger partial charge < -0.3 is 9.97 Å². The molecule has 4 aromatic heterocycles. The van der Waals surface area contributed by atoms with Gasteiger partial charge >= 0.3 is 0 Å². The van der Waals surface area contributed by atoms with Gasteiger partial charge in [-0.25, -0.2) is 19.9 Å². The lowest BCUT2D eigenvalue weighted by Crippen LogP contribution is -1.79. The lowest BCUT2D eigenvalue weighted by atomic mass is 10.4. The number of rotatable bonds is 0. The monoisotopic (exact) mass is 340 g/mol. The molecule has 4 aromatic rings. The highest BCUT2D eigenvalue weighted by molar-refractivity contribution is 6.41. The Morgan fingerprint density at radius 3 is 2.24 bits per heavy atom. The van der Waals surface area contributed by atoms with E-state index < -0.39 is 0 Å². The zero-order valence-corrected chi connectivity index (χ0v) is 12.6. The van der Waals surface area contributed by atoms with Crippen molar-refractivity contribution in [2.75, 3.05) is 0 Å². The fraction of sp³-hybridized carbons (Fsp3) is 0. The summed E-state index contributed by atoms with van der Waals surface area (Å²) >= 11 is 17.3. The second-order valence-electron chi connectivity index (χ2n) is 3.93. The molecule has 0 aliphatic rings. The third kappa shape index (κ3) is 2.78. The molecule has 0 amide bonds. The molecular formula is C12H7Cl3N6. The summed E-state index contributed by atoms with van der Waals surface area (Å²) in [4.78, 5) is 21.3. The molecule has 0 aromatic carbocycles. The molecule has 4 heterocycles. The summed E-state index contributed by atoms with van der Waals surface area (Å²) < 4.78 is 0. The topological polar surface area (TPSA) is 83.1 Å². The number of nitrogens with zero attached hydrogens (tertiary/aromatic N) is 4. The third-order valence-electron chi connectivity index (χ3n) is 2.68. The summed E-state index contributed by atoms with van der Waals surface area (Å²) in [6.45, 7) is 0. The van der Waals surface area contributed by atoms with E-state index in [1.807, 2.05) is 6.07 Å². The van der Waals surface area contributed by atoms with E-state index >= 15 is 0 Å². The first-order valence-electron chi connectivity index (χ1n) is 5.73. The van der Waals surface area contributed by atoms with Crippen LogP contribution in [0.4, 0.5) is 0 Å². The maximum atomic E-state index is 5.78. The van der Waals surface area contributed by atoms with E-state index in [0.717, 1.165) is 11.0 Å². The van der Waals surface area contributed by atoms with Crippen molar-refractivity contribution < 1.29 is 0 Å². The number of hydrogen-bond acceptors (Lipinski definition) is 4. The molecule has 0 fully saturated rings. The minimum Gasteiger partial charge on any atom is -0.346 e. The molecule has 4 rings (SSSR count). The SMILES string of the molecule is Clc1c[nH]c2ncnc(Cl)c12.Clc1ncnc2[nH]ccc12. The van der Waals surface area contributed by atoms with Gasteiger partial charge in [0.2, 0.25) is 0 Å². The van der Waals surface area contributed by atoms with Crippen molar-refractivity contribution in [1.82, 2.24) is 29.9 Å². The molecule has 0 saturated carbocycles. The van der Waals surface area contributed by atoms with Crippen molar-refractivity contribution in [2.45, 2.75) is 0 Å². The molecule has 9 heteroatoms. The molecule has 0 unspecified atom stereocenters. The summed E-state index contributed by atoms with van der Waals surface area (Å²) in [6.07, 6.45) is 6.23. The number of hydrogen-bond donors (Lipinski definition) is 2. The molecule has 0 bridgehead atoms. The smallest absolute Gasteiger partial charge is 0.143 e. The molecule has 2 N–H and O–H groups in total. The molecule has 21 heavy (non-hydrogen) atoms. The zero-order valence-electron chi connectivity index (χ0n) is 10.3. The van der Waals surface area contributed by atoms with Crippen LogP contribution in [0.5, 0.6) is 0 Å². The van der Waals surface area contributed by atoms with Gasteiger partial charge in [0.1, 0.15) is 34.3 Å². The van der Waals surface area contributed by atoms with Crippen LogP contribution in [0.15, 0.2) is 31.1 Å². The van der Waals surface area contributed by atoms with E-state index in [0.29, 0.717) is 26.4 Å². The molecule has 6 nitrogen and oxygen atoms in total. The Morgan fingerprint density at radius 2 is 1.52 bits per heavy atom. The minimum atomic E-state index is 0.376. The lowest BCUT2D eigenvalue weighted by Gasteiger charge is -1.90. The van der Waals surface area contributed by atoms with Crippen molar-refractivity contribution in [2.24, 2.45) is 0 Å². The predicted octanol–water partition coefficient (Wildman–Crippen LogP) is 3.88. The molecule has 0 saturated heterocycles. The largest absolute Gasteiger partial charge is 0.346 e. The highest BCUT2D eigenvalue weighted by atomic mass is 35.5. The molecule has 0 aliphatic heterocycles. The van der Waals surface area contributed by atoms with Crippen LogP contribution in [0.3, 0.4) is 0 Å². The van der Waals surface area contributed by atoms with E-state index in [4.69, 9.17) is 34.8 Å². The molecule has 0 radical (unpaired) electrons. The average molecular weight is 342 g/mol. The maximum Gasteiger partial charge on any atom is 0.143 e. The Morgan fingerprint density at radius 1 is 0.810 bits per heavy atom. The normalized spacial score (nSPS) is 10.6. The van der Waals surface area contributed by atoms with Crippen molar-refractivity contribution in [3.63, 3.8) is 0 Å². The Bertz CT molecular complexity index is 900. The van der Waals surface area contributed by atoms with Crippen LogP contribution in [-0.4, -0.2) is 29.9 Å². The number of H-pyrrole nitrogens is 2. The summed E-state index contributed by atoms with van der Waals surface area (Å²) in [5, 5.41) is 2.96. The van der Waals surface area contributed by atoms with Crippen LogP contribution < -0.4 is 0 Å². The first kappa shape index (κ1) is 14.1. The molecule has 0 spiro atoms. The van der Waals surface area contributed by atoms with E-state index in [9.17, 15) is 0 Å². The van der Waals surface area contributed by atoms with E-state index in [2.05, 4.69) is 29.9 Å². The fourth-order valence-corrected chi connectivity index (χ4v) is 2.44. The summed E-state index contributed by atoms with van der Waals surface area (Å²) in [5.41, 5.74) is 1.44. The highest BCUT2D eigenvalue weighted by Crippen LogP contribution is 2.26. The molecular weight excluding hydrogens is 335 g/mol. The predicted molar refractivity (Wildman–Crippen MR) is 82.8 cm³/mol. The quantitative estimate of drug-likeness (QED) is 0.475. The Kier molecular flexibility index (Phi) is 3.92. The molecule has 0 atom stereocenters. The van der Waals surface area contributed by atoms with Gasteiger partial charge in [-0.05, 0) is 6.07 Å². The van der Waals surface area contributed by atoms with E-state index in [-0.39, 0.29) is 0 Å². The fourth-order valence-electron chi connectivity index (χ4n) is 1.73. The van der Waals surface area contributed by atoms with Crippen molar-refractivity contribution >= 4 is 56.9 Å². The van der Waals surface area contributed by atoms with Gasteiger partial charge in [0, 0.05) is 12.4 Å². The van der Waals surface area contributed by atoms with Crippen LogP contribution in [-0.2, 0) is 0 Å². The molecule has 0 aliphatic carbocycles. The summed E-state index contributed by atoms with van der Waals surface area (Å²) in [7, 11) is 0. The van der Waals surface area contributed by atoms with Gasteiger partial charge in [0.15, 0.2) is 0 Å². The number of halogens is 3. The van der Waals surface area contributed by atoms with E-state index in [1.54, 1.807) is 12.4 Å². The van der Waals surface area contributed by atoms with Crippen LogP contribution >= 0.6 is 34.8 Å². The summed E-state index contributed by atoms with van der Waals surface area (Å²) in [5.74, 6) is 0. The standard InChI is InChI=1S/C6H3Cl2N3.C6H4ClN3/c7-3-1-9-6-4(3)5(8)10-2-11-6;7-5-4-1-2-8-6(4)10-3-9-5/h1-2H,(H,9,10,11);1-3H,(H,8,9,10). The third-order valence-corrected chi connectivity index (χ3v) is 3.57. The minimum absolute atomic E-state index is 0.376. The van der Waals surface area contributed by atoms with Crippen LogP contribution in [0.1, 0.15) is 0 Å². The van der Waals surface area contributed by atoms with Crippen molar-refractivity contribution in [3.05, 3.63) is 46.4 Å². The number of aromatic amines is 2.